The second kappa shape index (κ2) is 10.7. The first kappa shape index (κ1) is 24.4. The molecule has 1 heterocycles. The first-order valence-electron chi connectivity index (χ1n) is 11.3. The average molecular weight is 501 g/mol. The minimum atomic E-state index is -3.88. The van der Waals surface area contributed by atoms with Gasteiger partial charge in [-0.25, -0.2) is 8.42 Å². The zero-order chi connectivity index (χ0) is 24.1. The van der Waals surface area contributed by atoms with Crippen LogP contribution in [-0.4, -0.2) is 44.7 Å². The minimum absolute atomic E-state index is 0.0184. The maximum atomic E-state index is 13.7. The number of benzene rings is 3. The van der Waals surface area contributed by atoms with E-state index in [0.29, 0.717) is 28.6 Å². The number of anilines is 1. The quantitative estimate of drug-likeness (QED) is 0.436. The molecule has 4 rings (SSSR count). The fraction of sp³-hybridized carbons (Fsp3) is 0.308. The number of halogens is 1. The van der Waals surface area contributed by atoms with E-state index in [-0.39, 0.29) is 17.2 Å². The predicted octanol–water partition coefficient (Wildman–Crippen LogP) is 5.22. The standard InChI is InChI=1S/C26H29ClN2O4S/c1-20-5-4-6-25(17-20)34(31,32)29(19-21-7-10-23(30)18-26(21)27)22-8-11-24(12-9-22)33-16-15-28-13-2-3-14-28/h4-12,17-18,30H,2-3,13-16,19H2,1H3. The van der Waals surface area contributed by atoms with Crippen molar-refractivity contribution in [1.82, 2.24) is 4.90 Å². The van der Waals surface area contributed by atoms with E-state index in [1.54, 1.807) is 48.5 Å². The lowest BCUT2D eigenvalue weighted by molar-refractivity contribution is 0.238. The van der Waals surface area contributed by atoms with Crippen molar-refractivity contribution < 1.29 is 18.3 Å². The zero-order valence-corrected chi connectivity index (χ0v) is 20.7. The van der Waals surface area contributed by atoms with Crippen molar-refractivity contribution in [1.29, 1.82) is 0 Å². The first-order chi connectivity index (χ1) is 16.3. The summed E-state index contributed by atoms with van der Waals surface area (Å²) in [5.74, 6) is 0.718. The van der Waals surface area contributed by atoms with Crippen molar-refractivity contribution in [3.63, 3.8) is 0 Å². The molecular formula is C26H29ClN2O4S. The van der Waals surface area contributed by atoms with Crippen LogP contribution >= 0.6 is 11.6 Å². The fourth-order valence-electron chi connectivity index (χ4n) is 4.04. The van der Waals surface area contributed by atoms with Crippen LogP contribution in [0.25, 0.3) is 0 Å². The number of likely N-dealkylation sites (tertiary alicyclic amines) is 1. The van der Waals surface area contributed by atoms with Crippen molar-refractivity contribution >= 4 is 27.3 Å². The number of phenols is 1. The molecule has 0 amide bonds. The Kier molecular flexibility index (Phi) is 7.66. The summed E-state index contributed by atoms with van der Waals surface area (Å²) in [6, 6.07) is 18.4. The van der Waals surface area contributed by atoms with Crippen LogP contribution in [0, 0.1) is 6.92 Å². The molecule has 0 bridgehead atoms. The van der Waals surface area contributed by atoms with Crippen LogP contribution < -0.4 is 9.04 Å². The summed E-state index contributed by atoms with van der Waals surface area (Å²) in [7, 11) is -3.88. The molecule has 0 spiro atoms. The Bertz CT molecular complexity index is 1230. The third-order valence-corrected chi connectivity index (χ3v) is 8.05. The van der Waals surface area contributed by atoms with Crippen LogP contribution in [0.2, 0.25) is 5.02 Å². The first-order valence-corrected chi connectivity index (χ1v) is 13.2. The number of hydrogen-bond acceptors (Lipinski definition) is 5. The lowest BCUT2D eigenvalue weighted by atomic mass is 10.2. The van der Waals surface area contributed by atoms with E-state index in [2.05, 4.69) is 4.90 Å². The Morgan fingerprint density at radius 2 is 1.76 bits per heavy atom. The van der Waals surface area contributed by atoms with Gasteiger partial charge >= 0.3 is 0 Å². The number of ether oxygens (including phenoxy) is 1. The summed E-state index contributed by atoms with van der Waals surface area (Å²) in [6.07, 6.45) is 2.48. The molecule has 1 aliphatic heterocycles. The van der Waals surface area contributed by atoms with Gasteiger partial charge in [-0.1, -0.05) is 29.8 Å². The zero-order valence-electron chi connectivity index (χ0n) is 19.2. The number of phenolic OH excluding ortho intramolecular Hbond substituents is 1. The summed E-state index contributed by atoms with van der Waals surface area (Å²) in [5.41, 5.74) is 1.93. The number of aryl methyl sites for hydroxylation is 1. The van der Waals surface area contributed by atoms with Crippen molar-refractivity contribution in [3.8, 4) is 11.5 Å². The SMILES string of the molecule is Cc1cccc(S(=O)(=O)N(Cc2ccc(O)cc2Cl)c2ccc(OCCN3CCCC3)cc2)c1. The van der Waals surface area contributed by atoms with Crippen molar-refractivity contribution in [2.24, 2.45) is 0 Å². The molecule has 0 unspecified atom stereocenters. The van der Waals surface area contributed by atoms with E-state index in [0.717, 1.165) is 25.2 Å². The smallest absolute Gasteiger partial charge is 0.264 e. The van der Waals surface area contributed by atoms with E-state index in [1.807, 2.05) is 13.0 Å². The number of rotatable bonds is 9. The second-order valence-corrected chi connectivity index (χ2v) is 10.8. The number of sulfonamides is 1. The predicted molar refractivity (Wildman–Crippen MR) is 135 cm³/mol. The summed E-state index contributed by atoms with van der Waals surface area (Å²) in [4.78, 5) is 2.58. The summed E-state index contributed by atoms with van der Waals surface area (Å²) in [5, 5.41) is 9.99. The molecule has 34 heavy (non-hydrogen) atoms. The van der Waals surface area contributed by atoms with Gasteiger partial charge in [-0.15, -0.1) is 0 Å². The molecule has 0 atom stereocenters. The molecule has 180 valence electrons. The third-order valence-electron chi connectivity index (χ3n) is 5.93. The molecule has 0 saturated carbocycles. The van der Waals surface area contributed by atoms with Gasteiger partial charge in [0.25, 0.3) is 10.0 Å². The van der Waals surface area contributed by atoms with E-state index in [9.17, 15) is 13.5 Å². The summed E-state index contributed by atoms with van der Waals surface area (Å²) < 4.78 is 34.5. The topological polar surface area (TPSA) is 70.1 Å². The van der Waals surface area contributed by atoms with Crippen molar-refractivity contribution in [2.75, 3.05) is 30.5 Å². The highest BCUT2D eigenvalue weighted by Gasteiger charge is 2.26. The van der Waals surface area contributed by atoms with Crippen LogP contribution in [-0.2, 0) is 16.6 Å². The number of nitrogens with zero attached hydrogens (tertiary/aromatic N) is 2. The molecule has 0 radical (unpaired) electrons. The molecule has 1 saturated heterocycles. The highest BCUT2D eigenvalue weighted by atomic mass is 35.5. The Hall–Kier alpha value is -2.74. The van der Waals surface area contributed by atoms with Gasteiger partial charge < -0.3 is 9.84 Å². The molecule has 8 heteroatoms. The van der Waals surface area contributed by atoms with Gasteiger partial charge in [0.05, 0.1) is 17.1 Å². The van der Waals surface area contributed by atoms with E-state index < -0.39 is 10.0 Å². The van der Waals surface area contributed by atoms with E-state index >= 15 is 0 Å². The second-order valence-electron chi connectivity index (χ2n) is 8.50. The van der Waals surface area contributed by atoms with Gasteiger partial charge in [0, 0.05) is 11.6 Å². The largest absolute Gasteiger partial charge is 0.508 e. The summed E-state index contributed by atoms with van der Waals surface area (Å²) >= 11 is 6.31. The molecule has 0 aromatic heterocycles. The Morgan fingerprint density at radius 1 is 1.03 bits per heavy atom. The van der Waals surface area contributed by atoms with Crippen LogP contribution in [0.3, 0.4) is 0 Å². The molecule has 0 aliphatic carbocycles. The van der Waals surface area contributed by atoms with Crippen LogP contribution in [0.1, 0.15) is 24.0 Å². The van der Waals surface area contributed by atoms with Gasteiger partial charge in [0.15, 0.2) is 0 Å². The van der Waals surface area contributed by atoms with Gasteiger partial charge in [-0.3, -0.25) is 9.21 Å². The van der Waals surface area contributed by atoms with Gasteiger partial charge in [0.1, 0.15) is 18.1 Å². The normalized spacial score (nSPS) is 14.3. The third kappa shape index (κ3) is 5.84. The highest BCUT2D eigenvalue weighted by Crippen LogP contribution is 2.31. The fourth-order valence-corrected chi connectivity index (χ4v) is 5.83. The van der Waals surface area contributed by atoms with E-state index in [4.69, 9.17) is 16.3 Å². The van der Waals surface area contributed by atoms with E-state index in [1.165, 1.54) is 29.3 Å². The molecular weight excluding hydrogens is 472 g/mol. The highest BCUT2D eigenvalue weighted by molar-refractivity contribution is 7.92. The van der Waals surface area contributed by atoms with Gasteiger partial charge in [-0.05, 0) is 92.5 Å². The molecule has 3 aromatic rings. The maximum Gasteiger partial charge on any atom is 0.264 e. The van der Waals surface area contributed by atoms with Crippen LogP contribution in [0.5, 0.6) is 11.5 Å². The Balaban J connectivity index is 1.59. The molecule has 1 fully saturated rings. The maximum absolute atomic E-state index is 13.7. The van der Waals surface area contributed by atoms with Gasteiger partial charge in [-0.2, -0.15) is 0 Å². The molecule has 1 aliphatic rings. The van der Waals surface area contributed by atoms with Gasteiger partial charge in [0.2, 0.25) is 0 Å². The number of hydrogen-bond donors (Lipinski definition) is 1. The minimum Gasteiger partial charge on any atom is -0.508 e. The number of aromatic hydroxyl groups is 1. The Morgan fingerprint density at radius 3 is 2.44 bits per heavy atom. The lowest BCUT2D eigenvalue weighted by Gasteiger charge is -2.25. The summed E-state index contributed by atoms with van der Waals surface area (Å²) in [6.45, 7) is 5.59. The van der Waals surface area contributed by atoms with Crippen molar-refractivity contribution in [3.05, 3.63) is 82.9 Å². The Labute approximate surface area is 206 Å². The molecule has 6 nitrogen and oxygen atoms in total. The molecule has 3 aromatic carbocycles. The van der Waals surface area contributed by atoms with Crippen LogP contribution in [0.15, 0.2) is 71.6 Å². The van der Waals surface area contributed by atoms with Crippen molar-refractivity contribution in [2.45, 2.75) is 31.2 Å². The van der Waals surface area contributed by atoms with Crippen LogP contribution in [0.4, 0.5) is 5.69 Å². The monoisotopic (exact) mass is 500 g/mol. The average Bonchev–Trinajstić information content (AvgIpc) is 3.33. The lowest BCUT2D eigenvalue weighted by Crippen LogP contribution is -2.30. The molecule has 1 N–H and O–H groups in total.